The maximum atomic E-state index is 12.0. The van der Waals surface area contributed by atoms with E-state index in [1.54, 1.807) is 4.98 Å². The highest BCUT2D eigenvalue weighted by Gasteiger charge is 2.56. The molecule has 0 aliphatic carbocycles. The van der Waals surface area contributed by atoms with Crippen LogP contribution in [-0.4, -0.2) is 63.2 Å². The minimum absolute atomic E-state index is 0.160. The highest BCUT2D eigenvalue weighted by molar-refractivity contribution is 7.66. The predicted octanol–water partition coefficient (Wildman–Crippen LogP) is -1.93. The minimum Gasteiger partial charge on any atom is -0.386 e. The Hall–Kier alpha value is -0.740. The van der Waals surface area contributed by atoms with Gasteiger partial charge in [0, 0.05) is 12.3 Å². The Morgan fingerprint density at radius 1 is 1.23 bits per heavy atom. The molecule has 0 radical (unpaired) electrons. The number of aromatic nitrogens is 2. The second-order valence-electron chi connectivity index (χ2n) is 5.24. The zero-order valence-corrected chi connectivity index (χ0v) is 17.3. The highest BCUT2D eigenvalue weighted by Crippen LogP contribution is 2.66. The SMILES string of the molecule is [2H]C([2H])(OP(=O)(O)OP(=O)(O)OP(=O)(O)O)[C@@]1(Cl)O[C@@]([2H])(n2ccc(=O)[nH]c2=O)[C@H](O)[C@@H]1O. The molecule has 1 aromatic heterocycles. The number of rotatable bonds is 8. The van der Waals surface area contributed by atoms with Gasteiger partial charge >= 0.3 is 29.2 Å². The van der Waals surface area contributed by atoms with Crippen molar-refractivity contribution in [1.82, 2.24) is 9.55 Å². The molecule has 0 amide bonds. The molecule has 7 N–H and O–H groups in total. The predicted molar refractivity (Wildman–Crippen MR) is 91.9 cm³/mol. The third kappa shape index (κ3) is 6.38. The van der Waals surface area contributed by atoms with Gasteiger partial charge in [-0.25, -0.2) is 18.5 Å². The number of ether oxygens (including phenoxy) is 1. The average Bonchev–Trinajstić information content (AvgIpc) is 2.72. The number of phosphoric ester groups is 1. The molecule has 2 rings (SSSR count). The van der Waals surface area contributed by atoms with Crippen molar-refractivity contribution in [2.45, 2.75) is 23.5 Å². The van der Waals surface area contributed by atoms with Crippen LogP contribution in [0.5, 0.6) is 0 Å². The summed E-state index contributed by atoms with van der Waals surface area (Å²) in [6.45, 7) is -4.02. The van der Waals surface area contributed by atoms with Crippen LogP contribution in [0.4, 0.5) is 0 Å². The van der Waals surface area contributed by atoms with Crippen LogP contribution in [0.25, 0.3) is 0 Å². The molecule has 6 atom stereocenters. The maximum absolute atomic E-state index is 12.0. The van der Waals surface area contributed by atoms with Crippen molar-refractivity contribution in [2.75, 3.05) is 6.56 Å². The Balaban J connectivity index is 2.40. The number of H-pyrrole nitrogens is 1. The maximum Gasteiger partial charge on any atom is 0.490 e. The van der Waals surface area contributed by atoms with Crippen molar-refractivity contribution in [3.8, 4) is 0 Å². The summed E-state index contributed by atoms with van der Waals surface area (Å²) in [6, 6.07) is 0.676. The van der Waals surface area contributed by atoms with Crippen LogP contribution in [0, 0.1) is 0 Å². The largest absolute Gasteiger partial charge is 0.490 e. The molecule has 1 aromatic rings. The molecule has 21 heteroatoms. The summed E-state index contributed by atoms with van der Waals surface area (Å²) in [7, 11) is -18.0. The van der Waals surface area contributed by atoms with Crippen LogP contribution in [0.3, 0.4) is 0 Å². The van der Waals surface area contributed by atoms with Crippen LogP contribution >= 0.6 is 35.1 Å². The number of nitrogens with zero attached hydrogens (tertiary/aromatic N) is 1. The summed E-state index contributed by atoms with van der Waals surface area (Å²) >= 11 is 5.79. The van der Waals surface area contributed by atoms with Gasteiger partial charge in [-0.15, -0.1) is 0 Å². The fraction of sp³-hybridized carbons (Fsp3) is 0.556. The van der Waals surface area contributed by atoms with E-state index in [1.807, 2.05) is 0 Å². The number of aliphatic hydroxyl groups excluding tert-OH is 2. The number of phosphoric acid groups is 3. The molecular formula is C9H14ClN2O15P3. The lowest BCUT2D eigenvalue weighted by Crippen LogP contribution is -2.42. The lowest BCUT2D eigenvalue weighted by molar-refractivity contribution is -0.0773. The summed E-state index contributed by atoms with van der Waals surface area (Å²) in [6.07, 6.45) is -7.88. The van der Waals surface area contributed by atoms with Crippen LogP contribution in [0.1, 0.15) is 10.3 Å². The fourth-order valence-corrected chi connectivity index (χ4v) is 5.07. The normalized spacial score (nSPS) is 35.6. The first-order chi connectivity index (χ1) is 14.6. The van der Waals surface area contributed by atoms with Gasteiger partial charge in [0.15, 0.2) is 11.3 Å². The van der Waals surface area contributed by atoms with E-state index in [-0.39, 0.29) is 4.57 Å². The number of aromatic amines is 1. The zero-order valence-electron chi connectivity index (χ0n) is 16.8. The number of nitrogens with one attached hydrogen (secondary N) is 1. The van der Waals surface area contributed by atoms with Crippen LogP contribution in [0.15, 0.2) is 21.9 Å². The number of hydrogen-bond acceptors (Lipinski definition) is 11. The Morgan fingerprint density at radius 2 is 1.83 bits per heavy atom. The average molecular weight is 522 g/mol. The monoisotopic (exact) mass is 521 g/mol. The van der Waals surface area contributed by atoms with Gasteiger partial charge in [0.25, 0.3) is 5.56 Å². The number of alkyl halides is 1. The van der Waals surface area contributed by atoms with Crippen molar-refractivity contribution >= 4 is 35.1 Å². The molecule has 0 bridgehead atoms. The van der Waals surface area contributed by atoms with Gasteiger partial charge in [-0.2, -0.15) is 8.62 Å². The Labute approximate surface area is 174 Å². The quantitative estimate of drug-likeness (QED) is 0.145. The van der Waals surface area contributed by atoms with E-state index in [0.29, 0.717) is 12.3 Å². The van der Waals surface area contributed by atoms with Gasteiger partial charge in [0.05, 0.1) is 4.11 Å². The summed E-state index contributed by atoms with van der Waals surface area (Å²) in [5.41, 5.74) is -2.34. The van der Waals surface area contributed by atoms with Crippen LogP contribution < -0.4 is 11.2 Å². The van der Waals surface area contributed by atoms with Crippen molar-refractivity contribution in [2.24, 2.45) is 0 Å². The van der Waals surface area contributed by atoms with Crippen molar-refractivity contribution in [1.29, 1.82) is 0 Å². The van der Waals surface area contributed by atoms with Gasteiger partial charge < -0.3 is 34.5 Å². The van der Waals surface area contributed by atoms with Crippen LogP contribution in [0.2, 0.25) is 0 Å². The standard InChI is InChI=1S/C9H14ClN2O15P3/c10-9(3-24-29(20,21)27-30(22,23)26-28(17,18)19)6(15)5(14)7(25-9)12-2-1-4(13)11-8(12)16/h1-2,5-7,14-15H,3H2,(H,20,21)(H,22,23)(H,11,13,16)(H2,17,18,19)/t5-,6+,7-,9-/m1/s1/i3D2,7D. The molecule has 1 aliphatic rings. The van der Waals surface area contributed by atoms with Gasteiger partial charge in [0.1, 0.15) is 18.8 Å². The molecule has 0 aromatic carbocycles. The molecule has 0 spiro atoms. The molecule has 172 valence electrons. The Morgan fingerprint density at radius 3 is 2.37 bits per heavy atom. The smallest absolute Gasteiger partial charge is 0.386 e. The summed E-state index contributed by atoms with van der Waals surface area (Å²) in [5.74, 6) is 0. The van der Waals surface area contributed by atoms with Crippen molar-refractivity contribution in [3.05, 3.63) is 33.1 Å². The molecule has 0 saturated carbocycles. The van der Waals surface area contributed by atoms with E-state index in [2.05, 4.69) is 13.1 Å². The van der Waals surface area contributed by atoms with Gasteiger partial charge in [0.2, 0.25) is 0 Å². The molecule has 1 aliphatic heterocycles. The highest BCUT2D eigenvalue weighted by atomic mass is 35.5. The second-order valence-corrected chi connectivity index (χ2v) is 10.1. The molecular weight excluding hydrogens is 504 g/mol. The Bertz CT molecular complexity index is 1190. The number of aliphatic hydroxyl groups is 2. The number of hydrogen-bond donors (Lipinski definition) is 7. The number of halogens is 1. The second kappa shape index (κ2) is 8.65. The summed E-state index contributed by atoms with van der Waals surface area (Å²) < 4.78 is 73.2. The fourth-order valence-electron chi connectivity index (χ4n) is 1.89. The van der Waals surface area contributed by atoms with Gasteiger partial charge in [-0.05, 0) is 0 Å². The first-order valence-corrected chi connectivity index (χ1v) is 11.9. The molecule has 30 heavy (non-hydrogen) atoms. The Kier molecular flexibility index (Phi) is 6.09. The van der Waals surface area contributed by atoms with Gasteiger partial charge in [-0.3, -0.25) is 18.9 Å². The first-order valence-electron chi connectivity index (χ1n) is 8.47. The third-order valence-corrected chi connectivity index (χ3v) is 6.99. The minimum atomic E-state index is -6.18. The zero-order chi connectivity index (χ0) is 25.8. The van der Waals surface area contributed by atoms with E-state index in [4.69, 9.17) is 35.1 Å². The topological polar surface area (TPSA) is 264 Å². The first kappa shape index (κ1) is 21.1. The van der Waals surface area contributed by atoms with E-state index in [0.717, 1.165) is 0 Å². The van der Waals surface area contributed by atoms with E-state index >= 15 is 0 Å². The third-order valence-electron chi connectivity index (χ3n) is 2.96. The molecule has 1 fully saturated rings. The molecule has 2 unspecified atom stereocenters. The lowest BCUT2D eigenvalue weighted by Gasteiger charge is -2.25. The van der Waals surface area contributed by atoms with Crippen LogP contribution in [-0.2, 0) is 31.6 Å². The van der Waals surface area contributed by atoms with Gasteiger partial charge in [-0.1, -0.05) is 11.6 Å². The van der Waals surface area contributed by atoms with Crippen molar-refractivity contribution in [3.63, 3.8) is 0 Å². The van der Waals surface area contributed by atoms with E-state index < -0.39 is 64.7 Å². The molecule has 1 saturated heterocycles. The van der Waals surface area contributed by atoms with E-state index in [1.165, 1.54) is 0 Å². The summed E-state index contributed by atoms with van der Waals surface area (Å²) in [4.78, 5) is 60.4. The molecule has 2 heterocycles. The molecule has 17 nitrogen and oxygen atoms in total. The van der Waals surface area contributed by atoms with Crippen molar-refractivity contribution < 1.29 is 65.5 Å². The summed E-state index contributed by atoms with van der Waals surface area (Å²) in [5, 5.41) is 16.9. The van der Waals surface area contributed by atoms with E-state index in [9.17, 15) is 38.4 Å². The lowest BCUT2D eigenvalue weighted by atomic mass is 10.1.